The lowest BCUT2D eigenvalue weighted by atomic mass is 10.0. The van der Waals surface area contributed by atoms with E-state index >= 15 is 0 Å². The third kappa shape index (κ3) is 3.82. The highest BCUT2D eigenvalue weighted by Crippen LogP contribution is 2.24. The molecule has 138 valence electrons. The van der Waals surface area contributed by atoms with Crippen LogP contribution >= 0.6 is 0 Å². The van der Waals surface area contributed by atoms with E-state index in [0.29, 0.717) is 0 Å². The first-order valence-electron chi connectivity index (χ1n) is 8.58. The number of nitrogens with one attached hydrogen (secondary N) is 1. The third-order valence-corrected chi connectivity index (χ3v) is 4.46. The van der Waals surface area contributed by atoms with Crippen molar-refractivity contribution in [1.82, 2.24) is 4.57 Å². The number of hydrogen-bond acceptors (Lipinski definition) is 4. The summed E-state index contributed by atoms with van der Waals surface area (Å²) in [4.78, 5) is 35.6. The predicted molar refractivity (Wildman–Crippen MR) is 101 cm³/mol. The lowest BCUT2D eigenvalue weighted by Gasteiger charge is -2.19. The number of rotatable bonds is 6. The summed E-state index contributed by atoms with van der Waals surface area (Å²) in [5.74, 6) is -0.386. The number of amides is 1. The monoisotopic (exact) mass is 357 g/mol. The molecular weight excluding hydrogens is 334 g/mol. The van der Waals surface area contributed by atoms with Crippen molar-refractivity contribution in [3.63, 3.8) is 0 Å². The van der Waals surface area contributed by atoms with Crippen molar-refractivity contribution in [2.24, 2.45) is 0 Å². The van der Waals surface area contributed by atoms with E-state index in [2.05, 4.69) is 5.32 Å². The van der Waals surface area contributed by atoms with Crippen LogP contribution in [0.1, 0.15) is 43.5 Å². The van der Waals surface area contributed by atoms with Crippen LogP contribution in [0.15, 0.2) is 35.3 Å². The van der Waals surface area contributed by atoms with Crippen LogP contribution in [0.3, 0.4) is 0 Å². The van der Waals surface area contributed by atoms with Crippen LogP contribution in [0.5, 0.6) is 0 Å². The lowest BCUT2D eigenvalue weighted by molar-refractivity contribution is -0.385. The fourth-order valence-corrected chi connectivity index (χ4v) is 2.87. The largest absolute Gasteiger partial charge is 0.324 e. The van der Waals surface area contributed by atoms with E-state index in [9.17, 15) is 19.7 Å². The molecule has 0 aliphatic carbocycles. The molecule has 1 aromatic carbocycles. The Morgan fingerprint density at radius 2 is 1.85 bits per heavy atom. The molecule has 0 aliphatic heterocycles. The first-order chi connectivity index (χ1) is 12.3. The van der Waals surface area contributed by atoms with Crippen molar-refractivity contribution in [3.8, 4) is 0 Å². The maximum atomic E-state index is 12.8. The van der Waals surface area contributed by atoms with Gasteiger partial charge in [-0.3, -0.25) is 24.3 Å². The van der Waals surface area contributed by atoms with E-state index in [1.165, 1.54) is 13.0 Å². The third-order valence-electron chi connectivity index (χ3n) is 4.46. The van der Waals surface area contributed by atoms with Crippen molar-refractivity contribution < 1.29 is 9.72 Å². The average Bonchev–Trinajstić information content (AvgIpc) is 2.63. The minimum atomic E-state index is -0.879. The lowest BCUT2D eigenvalue weighted by Crippen LogP contribution is -2.32. The Labute approximate surface area is 151 Å². The van der Waals surface area contributed by atoms with Gasteiger partial charge in [0.05, 0.1) is 11.1 Å². The van der Waals surface area contributed by atoms with Crippen molar-refractivity contribution in [2.75, 3.05) is 5.32 Å². The molecule has 0 saturated heterocycles. The van der Waals surface area contributed by atoms with Crippen LogP contribution in [0.4, 0.5) is 11.4 Å². The van der Waals surface area contributed by atoms with Crippen molar-refractivity contribution >= 4 is 17.3 Å². The van der Waals surface area contributed by atoms with E-state index in [1.54, 1.807) is 6.92 Å². The number of anilines is 1. The highest BCUT2D eigenvalue weighted by atomic mass is 16.6. The van der Waals surface area contributed by atoms with Gasteiger partial charge in [0, 0.05) is 17.3 Å². The van der Waals surface area contributed by atoms with Crippen LogP contribution in [-0.2, 0) is 17.6 Å². The molecule has 7 nitrogen and oxygen atoms in total. The second kappa shape index (κ2) is 7.95. The van der Waals surface area contributed by atoms with E-state index in [0.717, 1.165) is 40.4 Å². The number of aryl methyl sites for hydroxylation is 3. The summed E-state index contributed by atoms with van der Waals surface area (Å²) in [7, 11) is 0. The van der Waals surface area contributed by atoms with Gasteiger partial charge in [-0.2, -0.15) is 0 Å². The van der Waals surface area contributed by atoms with Gasteiger partial charge in [0.25, 0.3) is 11.2 Å². The Morgan fingerprint density at radius 3 is 2.35 bits per heavy atom. The number of carbonyl (C=O) groups excluding carboxylic acids is 1. The quantitative estimate of drug-likeness (QED) is 0.633. The minimum absolute atomic E-state index is 0.218. The number of benzene rings is 1. The molecule has 2 aromatic rings. The van der Waals surface area contributed by atoms with Crippen molar-refractivity contribution in [1.29, 1.82) is 0 Å². The zero-order valence-corrected chi connectivity index (χ0v) is 15.4. The molecule has 0 bridgehead atoms. The molecule has 0 fully saturated rings. The van der Waals surface area contributed by atoms with Gasteiger partial charge >= 0.3 is 0 Å². The number of aromatic nitrogens is 1. The normalized spacial score (nSPS) is 11.8. The summed E-state index contributed by atoms with van der Waals surface area (Å²) in [6.07, 6.45) is 2.63. The van der Waals surface area contributed by atoms with Gasteiger partial charge in [-0.05, 0) is 37.8 Å². The molecule has 7 heteroatoms. The number of hydrogen-bond donors (Lipinski definition) is 1. The Balaban J connectivity index is 2.41. The number of nitro groups is 1. The summed E-state index contributed by atoms with van der Waals surface area (Å²) in [5.41, 5.74) is 2.36. The van der Waals surface area contributed by atoms with Gasteiger partial charge < -0.3 is 5.32 Å². The molecule has 26 heavy (non-hydrogen) atoms. The molecule has 0 radical (unpaired) electrons. The summed E-state index contributed by atoms with van der Waals surface area (Å²) >= 11 is 0. The molecule has 1 atom stereocenters. The van der Waals surface area contributed by atoms with E-state index < -0.39 is 16.5 Å². The second-order valence-electron chi connectivity index (χ2n) is 6.17. The first-order valence-corrected chi connectivity index (χ1v) is 8.58. The van der Waals surface area contributed by atoms with Crippen LogP contribution in [0, 0.1) is 17.0 Å². The Kier molecular flexibility index (Phi) is 5.92. The summed E-state index contributed by atoms with van der Waals surface area (Å²) in [6, 6.07) is 6.18. The molecule has 1 heterocycles. The zero-order chi connectivity index (χ0) is 19.4. The highest BCUT2D eigenvalue weighted by Gasteiger charge is 2.21. The van der Waals surface area contributed by atoms with Crippen molar-refractivity contribution in [3.05, 3.63) is 67.6 Å². The van der Waals surface area contributed by atoms with Crippen LogP contribution in [-0.4, -0.2) is 15.4 Å². The average molecular weight is 357 g/mol. The van der Waals surface area contributed by atoms with Gasteiger partial charge in [-0.1, -0.05) is 32.0 Å². The topological polar surface area (TPSA) is 94.2 Å². The molecule has 1 amide bonds. The standard InChI is InChI=1S/C19H23N3O4/c1-5-14-8-7-9-15(6-2)17(14)20-18(23)13(4)21-11-16(22(25)26)10-12(3)19(21)24/h7-11,13H,5-6H2,1-4H3,(H,20,23). The van der Waals surface area contributed by atoms with Gasteiger partial charge in [-0.25, -0.2) is 0 Å². The summed E-state index contributed by atoms with van der Waals surface area (Å²) in [6.45, 7) is 7.06. The maximum Gasteiger partial charge on any atom is 0.286 e. The van der Waals surface area contributed by atoms with E-state index in [1.807, 2.05) is 32.0 Å². The molecular formula is C19H23N3O4. The minimum Gasteiger partial charge on any atom is -0.324 e. The fraction of sp³-hybridized carbons (Fsp3) is 0.368. The van der Waals surface area contributed by atoms with Crippen LogP contribution in [0.25, 0.3) is 0 Å². The molecule has 0 saturated carbocycles. The molecule has 1 N–H and O–H groups in total. The molecule has 1 unspecified atom stereocenters. The van der Waals surface area contributed by atoms with E-state index in [-0.39, 0.29) is 17.2 Å². The predicted octanol–water partition coefficient (Wildman–Crippen LogP) is 3.39. The van der Waals surface area contributed by atoms with Gasteiger partial charge in [0.15, 0.2) is 0 Å². The molecule has 2 rings (SSSR count). The maximum absolute atomic E-state index is 12.8. The summed E-state index contributed by atoms with van der Waals surface area (Å²) in [5, 5.41) is 14.0. The number of carbonyl (C=O) groups is 1. The number of nitrogens with zero attached hydrogens (tertiary/aromatic N) is 2. The number of pyridine rings is 1. The van der Waals surface area contributed by atoms with Crippen LogP contribution < -0.4 is 10.9 Å². The van der Waals surface area contributed by atoms with Gasteiger partial charge in [-0.15, -0.1) is 0 Å². The van der Waals surface area contributed by atoms with E-state index in [4.69, 9.17) is 0 Å². The zero-order valence-electron chi connectivity index (χ0n) is 15.4. The fourth-order valence-electron chi connectivity index (χ4n) is 2.87. The smallest absolute Gasteiger partial charge is 0.286 e. The summed E-state index contributed by atoms with van der Waals surface area (Å²) < 4.78 is 1.11. The van der Waals surface area contributed by atoms with Crippen molar-refractivity contribution in [2.45, 2.75) is 46.6 Å². The Hall–Kier alpha value is -2.96. The molecule has 1 aromatic heterocycles. The Bertz CT molecular complexity index is 880. The highest BCUT2D eigenvalue weighted by molar-refractivity contribution is 5.95. The Morgan fingerprint density at radius 1 is 1.27 bits per heavy atom. The van der Waals surface area contributed by atoms with Gasteiger partial charge in [0.2, 0.25) is 5.91 Å². The van der Waals surface area contributed by atoms with Gasteiger partial charge in [0.1, 0.15) is 6.04 Å². The molecule has 0 aliphatic rings. The SMILES string of the molecule is CCc1cccc(CC)c1NC(=O)C(C)n1cc([N+](=O)[O-])cc(C)c1=O. The first kappa shape index (κ1) is 19.4. The van der Waals surface area contributed by atoms with Crippen LogP contribution in [0.2, 0.25) is 0 Å². The molecule has 0 spiro atoms. The number of para-hydroxylation sites is 1. The second-order valence-corrected chi connectivity index (χ2v) is 6.17.